The molecule has 2 aromatic carbocycles. The van der Waals surface area contributed by atoms with Gasteiger partial charge in [0.15, 0.2) is 5.82 Å². The van der Waals surface area contributed by atoms with Crippen LogP contribution in [0, 0.1) is 0 Å². The predicted molar refractivity (Wildman–Crippen MR) is 201 cm³/mol. The van der Waals surface area contributed by atoms with Gasteiger partial charge in [-0.25, -0.2) is 9.69 Å². The van der Waals surface area contributed by atoms with Gasteiger partial charge in [0, 0.05) is 28.6 Å². The van der Waals surface area contributed by atoms with Gasteiger partial charge in [0.2, 0.25) is 11.8 Å². The zero-order valence-corrected chi connectivity index (χ0v) is 30.8. The minimum atomic E-state index is -0.460. The molecule has 0 spiro atoms. The predicted octanol–water partition coefficient (Wildman–Crippen LogP) is 12.0. The number of H-pyrrole nitrogens is 1. The summed E-state index contributed by atoms with van der Waals surface area (Å²) in [6.45, 7) is 2.26. The molecule has 0 bridgehead atoms. The van der Waals surface area contributed by atoms with Gasteiger partial charge < -0.3 is 10.2 Å². The van der Waals surface area contributed by atoms with Gasteiger partial charge in [0.1, 0.15) is 5.69 Å². The lowest BCUT2D eigenvalue weighted by molar-refractivity contribution is 0.379. The fourth-order valence-electron chi connectivity index (χ4n) is 6.16. The highest BCUT2D eigenvalue weighted by molar-refractivity contribution is 6.40. The number of alkyl halides is 1. The molecule has 0 saturated heterocycles. The Morgan fingerprint density at radius 3 is 1.83 bits per heavy atom. The van der Waals surface area contributed by atoms with Crippen molar-refractivity contribution in [2.75, 3.05) is 5.01 Å². The number of aromatic amines is 1. The number of nitrogens with one attached hydrogen (secondary N) is 1. The highest BCUT2D eigenvalue weighted by atomic mass is 35.5. The molecular formula is C37H48Cl4N4O3. The van der Waals surface area contributed by atoms with E-state index in [0.717, 1.165) is 24.8 Å². The number of hydrogen-bond donors (Lipinski definition) is 3. The van der Waals surface area contributed by atoms with Crippen LogP contribution in [0.3, 0.4) is 0 Å². The molecule has 0 amide bonds. The number of unbranched alkanes of at least 4 members (excludes halogenated alkanes) is 13. The molecule has 3 N–H and O–H groups in total. The number of para-hydroxylation sites is 1. The van der Waals surface area contributed by atoms with Gasteiger partial charge in [-0.3, -0.25) is 9.89 Å². The first-order chi connectivity index (χ1) is 23.2. The van der Waals surface area contributed by atoms with Crippen molar-refractivity contribution in [3.8, 4) is 17.4 Å². The zero-order chi connectivity index (χ0) is 34.5. The van der Waals surface area contributed by atoms with E-state index in [9.17, 15) is 15.0 Å². The number of rotatable bonds is 21. The summed E-state index contributed by atoms with van der Waals surface area (Å²) < 4.78 is 2.40. The highest BCUT2D eigenvalue weighted by Gasteiger charge is 2.25. The van der Waals surface area contributed by atoms with Crippen LogP contribution in [0.25, 0.3) is 5.69 Å². The maximum Gasteiger partial charge on any atom is 0.273 e. The molecule has 0 aliphatic rings. The Kier molecular flexibility index (Phi) is 15.5. The van der Waals surface area contributed by atoms with Crippen LogP contribution in [0.5, 0.6) is 11.8 Å². The van der Waals surface area contributed by atoms with E-state index in [2.05, 4.69) is 12.0 Å². The van der Waals surface area contributed by atoms with E-state index in [-0.39, 0.29) is 38.7 Å². The number of nitrogens with zero attached hydrogens (tertiary/aromatic N) is 3. The summed E-state index contributed by atoms with van der Waals surface area (Å²) in [6.07, 6.45) is 19.7. The molecule has 0 aliphatic carbocycles. The summed E-state index contributed by atoms with van der Waals surface area (Å²) in [7, 11) is 0. The van der Waals surface area contributed by atoms with Crippen molar-refractivity contribution >= 4 is 57.9 Å². The van der Waals surface area contributed by atoms with Gasteiger partial charge in [-0.1, -0.05) is 150 Å². The van der Waals surface area contributed by atoms with Crippen LogP contribution in [-0.2, 0) is 6.42 Å². The molecule has 1 unspecified atom stereocenters. The van der Waals surface area contributed by atoms with Crippen LogP contribution >= 0.6 is 46.4 Å². The largest absolute Gasteiger partial charge is 0.493 e. The molecule has 0 fully saturated rings. The Hall–Kier alpha value is -2.71. The number of aromatic hydroxyl groups is 2. The van der Waals surface area contributed by atoms with Gasteiger partial charge in [-0.2, -0.15) is 4.68 Å². The molecular weight excluding hydrogens is 690 g/mol. The van der Waals surface area contributed by atoms with Crippen molar-refractivity contribution in [1.29, 1.82) is 0 Å². The summed E-state index contributed by atoms with van der Waals surface area (Å²) in [4.78, 5) is 13.3. The van der Waals surface area contributed by atoms with Gasteiger partial charge >= 0.3 is 0 Å². The average Bonchev–Trinajstić information content (AvgIpc) is 3.58. The number of aromatic nitrogens is 3. The Labute approximate surface area is 304 Å². The standard InChI is InChI=1S/C37H48Cl4N4O3/c1-2-3-4-5-6-7-8-9-10-11-12-13-14-15-19-28(38)23-27-18-16-17-20-32(27)44(45-34(46)21-22-35(45)47)33-26-36(48)43(42-33)37-30(40)24-29(39)25-31(37)41/h16-18,20-22,24-26,28,42,46-47H,2-15,19,23H2,1H3. The second-order valence-corrected chi connectivity index (χ2v) is 14.4. The van der Waals surface area contributed by atoms with Crippen molar-refractivity contribution in [3.63, 3.8) is 0 Å². The molecule has 2 aromatic heterocycles. The molecule has 262 valence electrons. The lowest BCUT2D eigenvalue weighted by Crippen LogP contribution is -2.25. The maximum atomic E-state index is 13.3. The molecule has 48 heavy (non-hydrogen) atoms. The van der Waals surface area contributed by atoms with Crippen LogP contribution < -0.4 is 10.6 Å². The highest BCUT2D eigenvalue weighted by Crippen LogP contribution is 2.37. The second kappa shape index (κ2) is 19.5. The van der Waals surface area contributed by atoms with E-state index in [1.807, 2.05) is 24.3 Å². The molecule has 2 heterocycles. The number of halogens is 4. The summed E-state index contributed by atoms with van der Waals surface area (Å²) in [6, 6.07) is 14.6. The normalized spacial score (nSPS) is 12.1. The smallest absolute Gasteiger partial charge is 0.273 e. The fourth-order valence-corrected chi connectivity index (χ4v) is 7.46. The molecule has 11 heteroatoms. The van der Waals surface area contributed by atoms with Crippen molar-refractivity contribution < 1.29 is 10.2 Å². The van der Waals surface area contributed by atoms with Crippen LogP contribution in [0.2, 0.25) is 15.1 Å². The third-order valence-corrected chi connectivity index (χ3v) is 9.85. The molecule has 1 atom stereocenters. The fraction of sp³-hybridized carbons (Fsp3) is 0.486. The third-order valence-electron chi connectivity index (χ3n) is 8.69. The summed E-state index contributed by atoms with van der Waals surface area (Å²) >= 11 is 25.9. The molecule has 4 rings (SSSR count). The van der Waals surface area contributed by atoms with Crippen molar-refractivity contribution in [2.45, 2.75) is 115 Å². The number of anilines is 2. The molecule has 0 aliphatic heterocycles. The topological polar surface area (TPSA) is 86.4 Å². The van der Waals surface area contributed by atoms with Crippen molar-refractivity contribution in [2.24, 2.45) is 0 Å². The van der Waals surface area contributed by atoms with E-state index < -0.39 is 5.56 Å². The quantitative estimate of drug-likeness (QED) is 0.0587. The molecule has 0 saturated carbocycles. The van der Waals surface area contributed by atoms with E-state index in [4.69, 9.17) is 46.4 Å². The summed E-state index contributed by atoms with van der Waals surface area (Å²) in [5.41, 5.74) is 1.26. The number of benzene rings is 2. The van der Waals surface area contributed by atoms with E-state index >= 15 is 0 Å². The average molecular weight is 739 g/mol. The molecule has 0 radical (unpaired) electrons. The van der Waals surface area contributed by atoms with Gasteiger partial charge in [0.05, 0.1) is 15.7 Å². The Bertz CT molecular complexity index is 1590. The monoisotopic (exact) mass is 736 g/mol. The second-order valence-electron chi connectivity index (χ2n) is 12.5. The molecule has 4 aromatic rings. The molecule has 7 nitrogen and oxygen atoms in total. The van der Waals surface area contributed by atoms with E-state index in [1.54, 1.807) is 0 Å². The minimum Gasteiger partial charge on any atom is -0.493 e. The lowest BCUT2D eigenvalue weighted by Gasteiger charge is -2.28. The van der Waals surface area contributed by atoms with Crippen LogP contribution in [0.4, 0.5) is 11.5 Å². The van der Waals surface area contributed by atoms with Gasteiger partial charge in [-0.05, 0) is 36.6 Å². The maximum absolute atomic E-state index is 13.3. The van der Waals surface area contributed by atoms with Crippen molar-refractivity contribution in [3.05, 3.63) is 85.6 Å². The van der Waals surface area contributed by atoms with E-state index in [0.29, 0.717) is 17.1 Å². The minimum absolute atomic E-state index is 0.118. The summed E-state index contributed by atoms with van der Waals surface area (Å²) in [5, 5.41) is 26.7. The Morgan fingerprint density at radius 1 is 0.750 bits per heavy atom. The van der Waals surface area contributed by atoms with Crippen LogP contribution in [0.15, 0.2) is 59.4 Å². The Balaban J connectivity index is 1.38. The van der Waals surface area contributed by atoms with E-state index in [1.165, 1.54) is 122 Å². The van der Waals surface area contributed by atoms with Gasteiger partial charge in [-0.15, -0.1) is 11.6 Å². The zero-order valence-electron chi connectivity index (χ0n) is 27.7. The van der Waals surface area contributed by atoms with Gasteiger partial charge in [0.25, 0.3) is 5.56 Å². The first-order valence-electron chi connectivity index (χ1n) is 17.3. The SMILES string of the molecule is CCCCCCCCCCCCCCCCC(Cl)Cc1ccccc1N(c1cc(=O)n(-c2c(Cl)cc(Cl)cc2Cl)[nH]1)n1c(O)ccc1O. The lowest BCUT2D eigenvalue weighted by atomic mass is 10.0. The first-order valence-corrected chi connectivity index (χ1v) is 18.9. The van der Waals surface area contributed by atoms with Crippen LogP contribution in [-0.4, -0.2) is 30.0 Å². The number of hydrogen-bond acceptors (Lipinski definition) is 4. The first kappa shape index (κ1) is 38.1. The third kappa shape index (κ3) is 10.6. The van der Waals surface area contributed by atoms with Crippen LogP contribution in [0.1, 0.15) is 109 Å². The summed E-state index contributed by atoms with van der Waals surface area (Å²) in [5.74, 6) is -0.221. The van der Waals surface area contributed by atoms with Crippen molar-refractivity contribution in [1.82, 2.24) is 14.5 Å². The Morgan fingerprint density at radius 2 is 1.27 bits per heavy atom.